The molecule has 9 nitrogen and oxygen atoms in total. The second-order valence-electron chi connectivity index (χ2n) is 12.1. The number of ether oxygens (including phenoxy) is 1. The minimum absolute atomic E-state index is 0.602. The Morgan fingerprint density at radius 1 is 1.05 bits per heavy atom. The summed E-state index contributed by atoms with van der Waals surface area (Å²) in [4.78, 5) is 27.4. The number of carboxylic acids is 1. The van der Waals surface area contributed by atoms with Crippen molar-refractivity contribution >= 4 is 56.0 Å². The van der Waals surface area contributed by atoms with Crippen LogP contribution in [0.25, 0.3) is 43.1 Å². The molecule has 0 radical (unpaired) electrons. The molecule has 1 fully saturated rings. The summed E-state index contributed by atoms with van der Waals surface area (Å²) in [6, 6.07) is 13.4. The Morgan fingerprint density at radius 3 is 2.40 bits per heavy atom. The van der Waals surface area contributed by atoms with Crippen molar-refractivity contribution in [2.24, 2.45) is 7.05 Å². The smallest absolute Gasteiger partial charge is 0.337 e. The Kier molecular flexibility index (Phi) is 7.66. The number of thiazole rings is 1. The van der Waals surface area contributed by atoms with Crippen molar-refractivity contribution in [3.8, 4) is 21.8 Å². The van der Waals surface area contributed by atoms with E-state index in [1.165, 1.54) is 11.3 Å². The van der Waals surface area contributed by atoms with Crippen LogP contribution >= 0.6 is 22.9 Å². The van der Waals surface area contributed by atoms with E-state index >= 15 is 0 Å². The zero-order chi connectivity index (χ0) is 30.6. The van der Waals surface area contributed by atoms with Crippen molar-refractivity contribution in [1.82, 2.24) is 24.6 Å². The first-order chi connectivity index (χ1) is 20.4. The van der Waals surface area contributed by atoms with Crippen LogP contribution in [0.3, 0.4) is 0 Å². The topological polar surface area (TPSA) is 96.6 Å². The zero-order valence-electron chi connectivity index (χ0n) is 25.2. The first-order valence-electron chi connectivity index (χ1n) is 14.3. The van der Waals surface area contributed by atoms with Crippen LogP contribution in [0.15, 0.2) is 42.5 Å². The third-order valence-electron chi connectivity index (χ3n) is 7.72. The maximum absolute atomic E-state index is 12.7. The van der Waals surface area contributed by atoms with Gasteiger partial charge >= 0.3 is 5.97 Å². The van der Waals surface area contributed by atoms with Crippen molar-refractivity contribution in [2.75, 3.05) is 38.1 Å². The number of carbonyl (C=O) groups is 1. The lowest BCUT2D eigenvalue weighted by Gasteiger charge is -2.32. The maximum atomic E-state index is 12.7. The first kappa shape index (κ1) is 29.5. The zero-order valence-corrected chi connectivity index (χ0v) is 26.8. The lowest BCUT2D eigenvalue weighted by molar-refractivity contribution is -0.160. The molecule has 0 bridgehead atoms. The van der Waals surface area contributed by atoms with Crippen LogP contribution in [0.5, 0.6) is 0 Å². The molecule has 1 atom stereocenters. The first-order valence-corrected chi connectivity index (χ1v) is 15.5. The summed E-state index contributed by atoms with van der Waals surface area (Å²) in [5, 5.41) is 16.5. The van der Waals surface area contributed by atoms with Crippen LogP contribution in [0, 0.1) is 6.92 Å². The number of rotatable bonds is 6. The summed E-state index contributed by atoms with van der Waals surface area (Å²) >= 11 is 7.75. The van der Waals surface area contributed by atoms with Gasteiger partial charge in [-0.1, -0.05) is 23.7 Å². The minimum Gasteiger partial charge on any atom is -0.479 e. The van der Waals surface area contributed by atoms with Gasteiger partial charge in [-0.2, -0.15) is 5.10 Å². The highest BCUT2D eigenvalue weighted by Gasteiger charge is 2.32. The third kappa shape index (κ3) is 5.72. The molecule has 0 aliphatic carbocycles. The summed E-state index contributed by atoms with van der Waals surface area (Å²) in [6.45, 7) is 11.2. The lowest BCUT2D eigenvalue weighted by atomic mass is 9.91. The molecule has 1 N–H and O–H groups in total. The quantitative estimate of drug-likeness (QED) is 0.228. The van der Waals surface area contributed by atoms with E-state index < -0.39 is 17.7 Å². The fraction of sp³-hybridized carbons (Fsp3) is 0.375. The van der Waals surface area contributed by atoms with Crippen LogP contribution in [0.4, 0.5) is 5.82 Å². The SMILES string of the molecule is Cc1cc2nc(-c3ccc4c(n3)c(N3CCN(C)CC3)nn4C)sc2c(-c2ccc(Cl)cc2)c1[C@H](OC(C)(C)C)C(=O)O. The standard InChI is InChI=1S/C32H35ClN6O3S/c1-18-17-22-28(25(19-7-9-20(33)10-8-19)24(18)27(31(40)41)42-32(2,3)4)43-30(35-22)21-11-12-23-26(34-21)29(36-38(23)6)39-15-13-37(5)14-16-39/h7-12,17,27H,13-16H2,1-6H3,(H,40,41)/t27-/m0/s1. The highest BCUT2D eigenvalue weighted by Crippen LogP contribution is 2.44. The largest absolute Gasteiger partial charge is 0.479 e. The number of aromatic nitrogens is 4. The molecule has 6 rings (SSSR count). The number of likely N-dealkylation sites (N-methyl/N-ethyl adjacent to an activating group) is 1. The molecule has 11 heteroatoms. The molecule has 1 aliphatic rings. The molecule has 43 heavy (non-hydrogen) atoms. The number of benzene rings is 2. The molecular formula is C32H35ClN6O3S. The number of pyridine rings is 1. The summed E-state index contributed by atoms with van der Waals surface area (Å²) in [5.41, 5.74) is 5.70. The van der Waals surface area contributed by atoms with Gasteiger partial charge in [-0.15, -0.1) is 11.3 Å². The van der Waals surface area contributed by atoms with Crippen molar-refractivity contribution in [2.45, 2.75) is 39.4 Å². The van der Waals surface area contributed by atoms with Gasteiger partial charge < -0.3 is 19.6 Å². The number of aliphatic carboxylic acids is 1. The molecule has 1 aliphatic heterocycles. The Bertz CT molecular complexity index is 1830. The molecular weight excluding hydrogens is 584 g/mol. The monoisotopic (exact) mass is 618 g/mol. The lowest BCUT2D eigenvalue weighted by Crippen LogP contribution is -2.44. The van der Waals surface area contributed by atoms with Gasteiger partial charge in [0.2, 0.25) is 0 Å². The summed E-state index contributed by atoms with van der Waals surface area (Å²) < 4.78 is 8.90. The summed E-state index contributed by atoms with van der Waals surface area (Å²) in [5.74, 6) is -0.158. The summed E-state index contributed by atoms with van der Waals surface area (Å²) in [7, 11) is 4.08. The fourth-order valence-corrected chi connectivity index (χ4v) is 6.84. The van der Waals surface area contributed by atoms with E-state index in [1.54, 1.807) is 0 Å². The van der Waals surface area contributed by atoms with Crippen LogP contribution in [-0.2, 0) is 16.6 Å². The number of fused-ring (bicyclic) bond motifs is 2. The number of anilines is 1. The average molecular weight is 619 g/mol. The average Bonchev–Trinajstić information content (AvgIpc) is 3.52. The number of piperazine rings is 1. The normalized spacial score (nSPS) is 15.5. The molecule has 1 saturated heterocycles. The highest BCUT2D eigenvalue weighted by atomic mass is 35.5. The van der Waals surface area contributed by atoms with Crippen LogP contribution in [0.2, 0.25) is 5.02 Å². The van der Waals surface area contributed by atoms with Gasteiger partial charge in [0.1, 0.15) is 10.5 Å². The highest BCUT2D eigenvalue weighted by molar-refractivity contribution is 7.22. The van der Waals surface area contributed by atoms with Gasteiger partial charge in [0.15, 0.2) is 11.9 Å². The Hall–Kier alpha value is -3.57. The van der Waals surface area contributed by atoms with E-state index in [9.17, 15) is 9.90 Å². The van der Waals surface area contributed by atoms with Gasteiger partial charge in [-0.25, -0.2) is 14.8 Å². The summed E-state index contributed by atoms with van der Waals surface area (Å²) in [6.07, 6.45) is -1.17. The molecule has 0 saturated carbocycles. The van der Waals surface area contributed by atoms with Crippen LogP contribution in [0.1, 0.15) is 38.0 Å². The number of hydrogen-bond donors (Lipinski definition) is 1. The van der Waals surface area contributed by atoms with E-state index in [4.69, 9.17) is 31.4 Å². The Morgan fingerprint density at radius 2 is 1.74 bits per heavy atom. The fourth-order valence-electron chi connectivity index (χ4n) is 5.62. The number of nitrogens with zero attached hydrogens (tertiary/aromatic N) is 6. The molecule has 5 aromatic rings. The van der Waals surface area contributed by atoms with Gasteiger partial charge in [0.05, 0.1) is 27.0 Å². The van der Waals surface area contributed by atoms with Crippen molar-refractivity contribution in [3.05, 3.63) is 58.6 Å². The van der Waals surface area contributed by atoms with E-state index in [-0.39, 0.29) is 0 Å². The molecule has 0 spiro atoms. The second-order valence-corrected chi connectivity index (χ2v) is 13.5. The van der Waals surface area contributed by atoms with Crippen LogP contribution < -0.4 is 4.90 Å². The molecule has 2 aromatic carbocycles. The van der Waals surface area contributed by atoms with E-state index in [0.29, 0.717) is 10.6 Å². The van der Waals surface area contributed by atoms with E-state index in [1.807, 2.05) is 81.9 Å². The Labute approximate surface area is 259 Å². The van der Waals surface area contributed by atoms with Gasteiger partial charge in [0.25, 0.3) is 0 Å². The molecule has 3 aromatic heterocycles. The van der Waals surface area contributed by atoms with Gasteiger partial charge in [-0.05, 0) is 76.2 Å². The molecule has 224 valence electrons. The number of carboxylic acid groups (broad SMARTS) is 1. The number of aryl methyl sites for hydroxylation is 2. The Balaban J connectivity index is 1.53. The van der Waals surface area contributed by atoms with E-state index in [0.717, 1.165) is 80.6 Å². The van der Waals surface area contributed by atoms with Crippen molar-refractivity contribution in [1.29, 1.82) is 0 Å². The number of hydrogen-bond acceptors (Lipinski definition) is 8. The number of halogens is 1. The van der Waals surface area contributed by atoms with Gasteiger partial charge in [-0.3, -0.25) is 4.68 Å². The van der Waals surface area contributed by atoms with Crippen molar-refractivity contribution < 1.29 is 14.6 Å². The van der Waals surface area contributed by atoms with Crippen molar-refractivity contribution in [3.63, 3.8) is 0 Å². The minimum atomic E-state index is -1.17. The van der Waals surface area contributed by atoms with Crippen LogP contribution in [-0.4, -0.2) is 74.6 Å². The second kappa shape index (κ2) is 11.2. The molecule has 4 heterocycles. The van der Waals surface area contributed by atoms with E-state index in [2.05, 4.69) is 16.8 Å². The predicted molar refractivity (Wildman–Crippen MR) is 173 cm³/mol. The third-order valence-corrected chi connectivity index (χ3v) is 9.08. The molecule has 0 unspecified atom stereocenters. The molecule has 0 amide bonds. The maximum Gasteiger partial charge on any atom is 0.337 e. The van der Waals surface area contributed by atoms with Gasteiger partial charge in [0, 0.05) is 49.4 Å². The predicted octanol–water partition coefficient (Wildman–Crippen LogP) is 6.57.